The summed E-state index contributed by atoms with van der Waals surface area (Å²) in [6.45, 7) is 1.27. The second-order valence-corrected chi connectivity index (χ2v) is 4.82. The minimum Gasteiger partial charge on any atom is -0.497 e. The number of hydrogen-bond acceptors (Lipinski definition) is 4. The van der Waals surface area contributed by atoms with Crippen LogP contribution in [-0.2, 0) is 11.3 Å². The minimum absolute atomic E-state index is 0.0878. The van der Waals surface area contributed by atoms with Crippen LogP contribution in [-0.4, -0.2) is 46.5 Å². The van der Waals surface area contributed by atoms with Crippen molar-refractivity contribution in [3.63, 3.8) is 0 Å². The minimum atomic E-state index is -2.89. The third-order valence-corrected chi connectivity index (χ3v) is 3.05. The molecule has 8 heteroatoms. The Morgan fingerprint density at radius 2 is 2.04 bits per heavy atom. The molecule has 0 aliphatic heterocycles. The number of methoxy groups -OCH3 is 2. The number of rotatable bonds is 10. The molecule has 0 heterocycles. The van der Waals surface area contributed by atoms with Crippen molar-refractivity contribution >= 4 is 5.96 Å². The zero-order valence-electron chi connectivity index (χ0n) is 14.3. The number of ether oxygens (including phenoxy) is 3. The van der Waals surface area contributed by atoms with Crippen LogP contribution < -0.4 is 20.1 Å². The maximum atomic E-state index is 12.5. The molecule has 0 spiro atoms. The maximum Gasteiger partial charge on any atom is 0.387 e. The zero-order valence-corrected chi connectivity index (χ0v) is 14.3. The predicted molar refractivity (Wildman–Crippen MR) is 88.9 cm³/mol. The van der Waals surface area contributed by atoms with Crippen molar-refractivity contribution in [2.45, 2.75) is 26.5 Å². The second kappa shape index (κ2) is 11.4. The molecular weight excluding hydrogens is 320 g/mol. The van der Waals surface area contributed by atoms with Gasteiger partial charge < -0.3 is 24.8 Å². The summed E-state index contributed by atoms with van der Waals surface area (Å²) >= 11 is 0. The van der Waals surface area contributed by atoms with Crippen LogP contribution in [0.25, 0.3) is 0 Å². The summed E-state index contributed by atoms with van der Waals surface area (Å²) in [5.41, 5.74) is 0.517. The summed E-state index contributed by atoms with van der Waals surface area (Å²) in [4.78, 5) is 4.40. The molecule has 1 rings (SSSR count). The third-order valence-electron chi connectivity index (χ3n) is 3.05. The lowest BCUT2D eigenvalue weighted by Gasteiger charge is -2.13. The summed E-state index contributed by atoms with van der Waals surface area (Å²) < 4.78 is 39.7. The number of benzene rings is 1. The highest BCUT2D eigenvalue weighted by Crippen LogP contribution is 2.26. The largest absolute Gasteiger partial charge is 0.497 e. The molecule has 0 bridgehead atoms. The lowest BCUT2D eigenvalue weighted by atomic mass is 10.2. The van der Waals surface area contributed by atoms with Crippen LogP contribution in [0.5, 0.6) is 11.5 Å². The van der Waals surface area contributed by atoms with Crippen LogP contribution in [0.1, 0.15) is 18.9 Å². The molecule has 0 atom stereocenters. The standard InChI is InChI=1S/C16H25F2N3O3/c1-4-19-16(20-8-5-9-22-2)21-11-12-10-13(23-3)6-7-14(12)24-15(17)18/h6-7,10,15H,4-5,8-9,11H2,1-3H3,(H2,19,20,21). The van der Waals surface area contributed by atoms with Crippen LogP contribution >= 0.6 is 0 Å². The fourth-order valence-electron chi connectivity index (χ4n) is 1.95. The average Bonchev–Trinajstić information content (AvgIpc) is 2.57. The number of nitrogens with zero attached hydrogens (tertiary/aromatic N) is 1. The number of aliphatic imine (C=N–C) groups is 1. The molecule has 2 N–H and O–H groups in total. The van der Waals surface area contributed by atoms with E-state index in [1.165, 1.54) is 13.2 Å². The molecule has 1 aromatic rings. The number of nitrogens with one attached hydrogen (secondary N) is 2. The first-order valence-corrected chi connectivity index (χ1v) is 7.73. The topological polar surface area (TPSA) is 64.1 Å². The molecule has 0 aliphatic carbocycles. The van der Waals surface area contributed by atoms with Crippen molar-refractivity contribution in [2.75, 3.05) is 33.9 Å². The molecule has 1 aromatic carbocycles. The summed E-state index contributed by atoms with van der Waals surface area (Å²) in [7, 11) is 3.16. The number of halogens is 2. The van der Waals surface area contributed by atoms with Gasteiger partial charge in [-0.2, -0.15) is 8.78 Å². The van der Waals surface area contributed by atoms with E-state index in [1.807, 2.05) is 6.92 Å². The Balaban J connectivity index is 2.81. The van der Waals surface area contributed by atoms with E-state index in [0.717, 1.165) is 6.42 Å². The molecule has 0 saturated carbocycles. The Labute approximate surface area is 141 Å². The van der Waals surface area contributed by atoms with E-state index in [-0.39, 0.29) is 12.3 Å². The van der Waals surface area contributed by atoms with Gasteiger partial charge in [0.1, 0.15) is 11.5 Å². The Bertz CT molecular complexity index is 513. The van der Waals surface area contributed by atoms with Crippen LogP contribution in [0.15, 0.2) is 23.2 Å². The van der Waals surface area contributed by atoms with Gasteiger partial charge in [0, 0.05) is 32.4 Å². The van der Waals surface area contributed by atoms with Crippen LogP contribution in [0, 0.1) is 0 Å². The van der Waals surface area contributed by atoms with Crippen molar-refractivity contribution in [3.8, 4) is 11.5 Å². The molecule has 6 nitrogen and oxygen atoms in total. The van der Waals surface area contributed by atoms with Gasteiger partial charge in [-0.1, -0.05) is 0 Å². The highest BCUT2D eigenvalue weighted by Gasteiger charge is 2.11. The third kappa shape index (κ3) is 7.45. The highest BCUT2D eigenvalue weighted by molar-refractivity contribution is 5.79. The highest BCUT2D eigenvalue weighted by atomic mass is 19.3. The van der Waals surface area contributed by atoms with Gasteiger partial charge in [0.25, 0.3) is 0 Å². The van der Waals surface area contributed by atoms with E-state index in [9.17, 15) is 8.78 Å². The van der Waals surface area contributed by atoms with Gasteiger partial charge in [-0.25, -0.2) is 4.99 Å². The number of alkyl halides is 2. The van der Waals surface area contributed by atoms with Gasteiger partial charge in [0.2, 0.25) is 0 Å². The summed E-state index contributed by atoms with van der Waals surface area (Å²) in [6, 6.07) is 4.66. The molecule has 0 saturated heterocycles. The van der Waals surface area contributed by atoms with E-state index >= 15 is 0 Å². The predicted octanol–water partition coefficient (Wildman–Crippen LogP) is 2.39. The van der Waals surface area contributed by atoms with Crippen LogP contribution in [0.4, 0.5) is 8.78 Å². The van der Waals surface area contributed by atoms with Crippen molar-refractivity contribution in [3.05, 3.63) is 23.8 Å². The number of guanidine groups is 1. The normalized spacial score (nSPS) is 11.5. The first-order valence-electron chi connectivity index (χ1n) is 7.73. The van der Waals surface area contributed by atoms with E-state index in [2.05, 4.69) is 20.4 Å². The van der Waals surface area contributed by atoms with E-state index in [0.29, 0.717) is 37.0 Å². The fraction of sp³-hybridized carbons (Fsp3) is 0.562. The molecule has 0 radical (unpaired) electrons. The SMILES string of the molecule is CCNC(=NCc1cc(OC)ccc1OC(F)F)NCCCOC. The second-order valence-electron chi connectivity index (χ2n) is 4.82. The Morgan fingerprint density at radius 1 is 1.25 bits per heavy atom. The van der Waals surface area contributed by atoms with Gasteiger partial charge in [-0.05, 0) is 31.5 Å². The monoisotopic (exact) mass is 345 g/mol. The maximum absolute atomic E-state index is 12.5. The molecule has 0 aromatic heterocycles. The van der Waals surface area contributed by atoms with Gasteiger partial charge >= 0.3 is 6.61 Å². The van der Waals surface area contributed by atoms with Gasteiger partial charge in [0.15, 0.2) is 5.96 Å². The lowest BCUT2D eigenvalue weighted by molar-refractivity contribution is -0.0504. The van der Waals surface area contributed by atoms with Gasteiger partial charge in [0.05, 0.1) is 13.7 Å². The van der Waals surface area contributed by atoms with E-state index in [4.69, 9.17) is 9.47 Å². The summed E-state index contributed by atoms with van der Waals surface area (Å²) in [5.74, 6) is 1.24. The van der Waals surface area contributed by atoms with Crippen molar-refractivity contribution in [2.24, 2.45) is 4.99 Å². The Hall–Kier alpha value is -2.09. The van der Waals surface area contributed by atoms with Crippen LogP contribution in [0.3, 0.4) is 0 Å². The quantitative estimate of drug-likeness (QED) is 0.387. The smallest absolute Gasteiger partial charge is 0.387 e. The fourth-order valence-corrected chi connectivity index (χ4v) is 1.95. The summed E-state index contributed by atoms with van der Waals surface area (Å²) in [6.07, 6.45) is 0.833. The zero-order chi connectivity index (χ0) is 17.8. The van der Waals surface area contributed by atoms with Gasteiger partial charge in [-0.3, -0.25) is 0 Å². The first-order chi connectivity index (χ1) is 11.6. The Morgan fingerprint density at radius 3 is 2.67 bits per heavy atom. The number of hydrogen-bond donors (Lipinski definition) is 2. The lowest BCUT2D eigenvalue weighted by Crippen LogP contribution is -2.38. The molecule has 136 valence electrons. The molecule has 0 fully saturated rings. The molecule has 0 unspecified atom stereocenters. The molecule has 0 amide bonds. The molecular formula is C16H25F2N3O3. The average molecular weight is 345 g/mol. The van der Waals surface area contributed by atoms with Crippen molar-refractivity contribution in [1.82, 2.24) is 10.6 Å². The first kappa shape index (κ1) is 20.0. The van der Waals surface area contributed by atoms with E-state index < -0.39 is 6.61 Å². The van der Waals surface area contributed by atoms with Crippen molar-refractivity contribution < 1.29 is 23.0 Å². The Kier molecular flexibility index (Phi) is 9.52. The summed E-state index contributed by atoms with van der Waals surface area (Å²) in [5, 5.41) is 6.25. The van der Waals surface area contributed by atoms with Gasteiger partial charge in [-0.15, -0.1) is 0 Å². The van der Waals surface area contributed by atoms with Crippen LogP contribution in [0.2, 0.25) is 0 Å². The van der Waals surface area contributed by atoms with Crippen molar-refractivity contribution in [1.29, 1.82) is 0 Å². The molecule has 24 heavy (non-hydrogen) atoms. The van der Waals surface area contributed by atoms with E-state index in [1.54, 1.807) is 19.2 Å². The molecule has 0 aliphatic rings.